The van der Waals surface area contributed by atoms with Crippen LogP contribution in [-0.4, -0.2) is 39.2 Å². The molecule has 0 spiro atoms. The molecule has 30 heavy (non-hydrogen) atoms. The normalized spacial score (nSPS) is 18.9. The lowest BCUT2D eigenvalue weighted by atomic mass is 9.99. The summed E-state index contributed by atoms with van der Waals surface area (Å²) in [7, 11) is 0. The summed E-state index contributed by atoms with van der Waals surface area (Å²) < 4.78 is 0. The lowest BCUT2D eigenvalue weighted by Gasteiger charge is -2.27. The average Bonchev–Trinajstić information content (AvgIpc) is 3.20. The molecule has 0 aliphatic carbocycles. The van der Waals surface area contributed by atoms with Gasteiger partial charge < -0.3 is 10.2 Å². The molecule has 0 radical (unpaired) electrons. The summed E-state index contributed by atoms with van der Waals surface area (Å²) in [4.78, 5) is 15.2. The van der Waals surface area contributed by atoms with E-state index >= 15 is 0 Å². The molecule has 2 aromatic carbocycles. The fourth-order valence-electron chi connectivity index (χ4n) is 3.71. The Kier molecular flexibility index (Phi) is 6.40. The molecule has 2 N–H and O–H groups in total. The van der Waals surface area contributed by atoms with Crippen LogP contribution in [0.1, 0.15) is 25.3 Å². The predicted molar refractivity (Wildman–Crippen MR) is 116 cm³/mol. The molecule has 0 atom stereocenters. The van der Waals surface area contributed by atoms with E-state index in [4.69, 9.17) is 11.6 Å². The molecule has 2 heterocycles. The molecule has 156 valence electrons. The molecule has 1 saturated heterocycles. The number of halogens is 1. The number of rotatable bonds is 6. The van der Waals surface area contributed by atoms with Crippen molar-refractivity contribution in [3.63, 3.8) is 0 Å². The number of benzene rings is 2. The van der Waals surface area contributed by atoms with Crippen molar-refractivity contribution in [3.8, 4) is 11.4 Å². The minimum absolute atomic E-state index is 0.0347. The number of para-hydroxylation sites is 1. The first kappa shape index (κ1) is 20.5. The quantitative estimate of drug-likeness (QED) is 0.636. The molecular weight excluding hydrogens is 400 g/mol. The topological polar surface area (TPSA) is 77.1 Å². The molecule has 1 amide bonds. The highest BCUT2D eigenvalue weighted by molar-refractivity contribution is 6.33. The summed E-state index contributed by atoms with van der Waals surface area (Å²) in [6.45, 7) is 5.85. The Bertz CT molecular complexity index is 995. The van der Waals surface area contributed by atoms with Crippen molar-refractivity contribution in [2.24, 2.45) is 5.92 Å². The molecule has 7 nitrogen and oxygen atoms in total. The van der Waals surface area contributed by atoms with Gasteiger partial charge in [0, 0.05) is 11.1 Å². The standard InChI is InChI=1S/C22H25ClN6O/c1-16-10-12-28(13-11-16)14-17-6-8-18(9-7-17)22-25-27-29(26-22)15-21(30)24-20-5-3-2-4-19(20)23/h2-9,16H,10-15H2,1H3,(H,24,30)/p+1. The highest BCUT2D eigenvalue weighted by atomic mass is 35.5. The number of nitrogens with zero attached hydrogens (tertiary/aromatic N) is 4. The van der Waals surface area contributed by atoms with Crippen molar-refractivity contribution < 1.29 is 9.69 Å². The summed E-state index contributed by atoms with van der Waals surface area (Å²) in [5.41, 5.74) is 2.76. The van der Waals surface area contributed by atoms with Crippen LogP contribution in [-0.2, 0) is 17.9 Å². The van der Waals surface area contributed by atoms with Crippen LogP contribution in [0.2, 0.25) is 5.02 Å². The van der Waals surface area contributed by atoms with Gasteiger partial charge in [0.15, 0.2) is 0 Å². The van der Waals surface area contributed by atoms with Crippen LogP contribution in [0.3, 0.4) is 0 Å². The van der Waals surface area contributed by atoms with E-state index in [1.807, 2.05) is 24.3 Å². The number of likely N-dealkylation sites (tertiary alicyclic amines) is 1. The third kappa shape index (κ3) is 5.23. The molecule has 0 saturated carbocycles. The van der Waals surface area contributed by atoms with Crippen LogP contribution in [0.5, 0.6) is 0 Å². The Morgan fingerprint density at radius 2 is 1.90 bits per heavy atom. The summed E-state index contributed by atoms with van der Waals surface area (Å²) in [5.74, 6) is 1.10. The van der Waals surface area contributed by atoms with Crippen LogP contribution in [0.25, 0.3) is 11.4 Å². The summed E-state index contributed by atoms with van der Waals surface area (Å²) in [5, 5.41) is 15.7. The van der Waals surface area contributed by atoms with E-state index in [-0.39, 0.29) is 12.5 Å². The number of nitrogens with one attached hydrogen (secondary N) is 2. The van der Waals surface area contributed by atoms with Gasteiger partial charge in [-0.1, -0.05) is 54.9 Å². The van der Waals surface area contributed by atoms with E-state index in [1.54, 1.807) is 17.0 Å². The molecule has 0 unspecified atom stereocenters. The fraction of sp³-hybridized carbons (Fsp3) is 0.364. The largest absolute Gasteiger partial charge is 0.331 e. The first-order valence-corrected chi connectivity index (χ1v) is 10.7. The van der Waals surface area contributed by atoms with Gasteiger partial charge in [-0.05, 0) is 36.1 Å². The zero-order valence-corrected chi connectivity index (χ0v) is 17.8. The first-order valence-electron chi connectivity index (χ1n) is 10.3. The van der Waals surface area contributed by atoms with Crippen LogP contribution in [0, 0.1) is 5.92 Å². The van der Waals surface area contributed by atoms with Crippen LogP contribution >= 0.6 is 11.6 Å². The van der Waals surface area contributed by atoms with Gasteiger partial charge in [-0.2, -0.15) is 4.80 Å². The van der Waals surface area contributed by atoms with Crippen molar-refractivity contribution >= 4 is 23.2 Å². The predicted octanol–water partition coefficient (Wildman–Crippen LogP) is 2.45. The third-order valence-corrected chi connectivity index (χ3v) is 5.86. The third-order valence-electron chi connectivity index (χ3n) is 5.53. The number of hydrogen-bond donors (Lipinski definition) is 2. The van der Waals surface area contributed by atoms with Gasteiger partial charge >= 0.3 is 0 Å². The second-order valence-electron chi connectivity index (χ2n) is 7.98. The number of carbonyl (C=O) groups is 1. The molecule has 0 bridgehead atoms. The zero-order chi connectivity index (χ0) is 20.9. The number of carbonyl (C=O) groups excluding carboxylic acids is 1. The van der Waals surface area contributed by atoms with E-state index < -0.39 is 0 Å². The number of quaternary nitrogens is 1. The molecule has 3 aromatic rings. The smallest absolute Gasteiger partial charge is 0.248 e. The second kappa shape index (κ2) is 9.36. The highest BCUT2D eigenvalue weighted by Crippen LogP contribution is 2.20. The van der Waals surface area contributed by atoms with Gasteiger partial charge in [-0.15, -0.1) is 10.2 Å². The van der Waals surface area contributed by atoms with Crippen molar-refractivity contribution in [2.75, 3.05) is 18.4 Å². The molecule has 1 aliphatic heterocycles. The molecular formula is C22H26ClN6O+. The van der Waals surface area contributed by atoms with Crippen molar-refractivity contribution in [1.82, 2.24) is 20.2 Å². The lowest BCUT2D eigenvalue weighted by Crippen LogP contribution is -3.11. The Balaban J connectivity index is 1.34. The number of aromatic nitrogens is 4. The number of anilines is 1. The number of tetrazole rings is 1. The Hall–Kier alpha value is -2.77. The second-order valence-corrected chi connectivity index (χ2v) is 8.38. The van der Waals surface area contributed by atoms with E-state index in [2.05, 4.69) is 39.8 Å². The minimum Gasteiger partial charge on any atom is -0.331 e. The van der Waals surface area contributed by atoms with Crippen LogP contribution in [0.4, 0.5) is 5.69 Å². The molecule has 1 aliphatic rings. The monoisotopic (exact) mass is 425 g/mol. The SMILES string of the molecule is CC1CC[NH+](Cc2ccc(-c3nnn(CC(=O)Nc4ccccc4Cl)n3)cc2)CC1. The van der Waals surface area contributed by atoms with E-state index in [9.17, 15) is 4.79 Å². The number of hydrogen-bond acceptors (Lipinski definition) is 4. The minimum atomic E-state index is -0.263. The first-order chi connectivity index (χ1) is 14.6. The summed E-state index contributed by atoms with van der Waals surface area (Å²) in [6.07, 6.45) is 2.62. The van der Waals surface area contributed by atoms with Crippen LogP contribution in [0.15, 0.2) is 48.5 Å². The van der Waals surface area contributed by atoms with Gasteiger partial charge in [0.2, 0.25) is 11.7 Å². The average molecular weight is 426 g/mol. The molecule has 1 aromatic heterocycles. The Labute approximate surface area is 181 Å². The maximum absolute atomic E-state index is 12.2. The van der Waals surface area contributed by atoms with Gasteiger partial charge in [-0.25, -0.2) is 0 Å². The fourth-order valence-corrected chi connectivity index (χ4v) is 3.90. The molecule has 4 rings (SSSR count). The lowest BCUT2D eigenvalue weighted by molar-refractivity contribution is -0.919. The van der Waals surface area contributed by atoms with Crippen molar-refractivity contribution in [2.45, 2.75) is 32.9 Å². The van der Waals surface area contributed by atoms with E-state index in [0.717, 1.165) is 18.0 Å². The Morgan fingerprint density at radius 3 is 2.63 bits per heavy atom. The zero-order valence-electron chi connectivity index (χ0n) is 17.0. The molecule has 1 fully saturated rings. The van der Waals surface area contributed by atoms with Gasteiger partial charge in [-0.3, -0.25) is 4.79 Å². The Morgan fingerprint density at radius 1 is 1.17 bits per heavy atom. The van der Waals surface area contributed by atoms with Crippen LogP contribution < -0.4 is 10.2 Å². The van der Waals surface area contributed by atoms with Gasteiger partial charge in [0.05, 0.1) is 23.8 Å². The highest BCUT2D eigenvalue weighted by Gasteiger charge is 2.19. The maximum atomic E-state index is 12.2. The molecule has 8 heteroatoms. The maximum Gasteiger partial charge on any atom is 0.248 e. The number of piperidine rings is 1. The number of amides is 1. The van der Waals surface area contributed by atoms with Gasteiger partial charge in [0.1, 0.15) is 13.1 Å². The summed E-state index contributed by atoms with van der Waals surface area (Å²) in [6, 6.07) is 15.4. The van der Waals surface area contributed by atoms with Crippen molar-refractivity contribution in [3.05, 3.63) is 59.1 Å². The van der Waals surface area contributed by atoms with E-state index in [1.165, 1.54) is 36.3 Å². The van der Waals surface area contributed by atoms with Gasteiger partial charge in [0.25, 0.3) is 0 Å². The van der Waals surface area contributed by atoms with Crippen molar-refractivity contribution in [1.29, 1.82) is 0 Å². The summed E-state index contributed by atoms with van der Waals surface area (Å²) >= 11 is 6.07. The van der Waals surface area contributed by atoms with E-state index in [0.29, 0.717) is 16.5 Å².